The van der Waals surface area contributed by atoms with Gasteiger partial charge in [0.15, 0.2) is 5.16 Å². The second kappa shape index (κ2) is 10.1. The van der Waals surface area contributed by atoms with Crippen LogP contribution in [0.2, 0.25) is 0 Å². The molecule has 0 spiro atoms. The van der Waals surface area contributed by atoms with Gasteiger partial charge in [-0.05, 0) is 51.0 Å². The lowest BCUT2D eigenvalue weighted by atomic mass is 10.2. The molecule has 1 saturated heterocycles. The smallest absolute Gasteiger partial charge is 0.243 e. The highest BCUT2D eigenvalue weighted by Crippen LogP contribution is 2.24. The SMILES string of the molecule is Cc1nc(SCC(=O)N(C)CC(=O)Nc2ccc(F)cc2)n(CC2CCCO2)c1C. The first kappa shape index (κ1) is 22.3. The molecule has 0 bridgehead atoms. The van der Waals surface area contributed by atoms with Crippen LogP contribution >= 0.6 is 11.8 Å². The van der Waals surface area contributed by atoms with E-state index in [1.807, 2.05) is 13.8 Å². The van der Waals surface area contributed by atoms with Crippen LogP contribution in [0.4, 0.5) is 10.1 Å². The van der Waals surface area contributed by atoms with Crippen LogP contribution in [0.25, 0.3) is 0 Å². The maximum atomic E-state index is 13.0. The first-order chi connectivity index (χ1) is 14.3. The van der Waals surface area contributed by atoms with Crippen molar-refractivity contribution < 1.29 is 18.7 Å². The average molecular weight is 435 g/mol. The van der Waals surface area contributed by atoms with E-state index in [1.54, 1.807) is 7.05 Å². The minimum Gasteiger partial charge on any atom is -0.376 e. The standard InChI is InChI=1S/C21H27FN4O3S/c1-14-15(2)26(11-18-5-4-10-29-18)21(23-14)30-13-20(28)25(3)12-19(27)24-17-8-6-16(22)7-9-17/h6-9,18H,4-5,10-13H2,1-3H3,(H,24,27). The minimum absolute atomic E-state index is 0.0841. The van der Waals surface area contributed by atoms with Gasteiger partial charge in [-0.25, -0.2) is 9.37 Å². The predicted molar refractivity (Wildman–Crippen MR) is 114 cm³/mol. The lowest BCUT2D eigenvalue weighted by Gasteiger charge is -2.17. The maximum Gasteiger partial charge on any atom is 0.243 e. The fourth-order valence-electron chi connectivity index (χ4n) is 3.21. The summed E-state index contributed by atoms with van der Waals surface area (Å²) in [6, 6.07) is 5.49. The van der Waals surface area contributed by atoms with E-state index in [0.29, 0.717) is 5.69 Å². The Morgan fingerprint density at radius 1 is 1.33 bits per heavy atom. The molecule has 1 aromatic heterocycles. The van der Waals surface area contributed by atoms with Gasteiger partial charge in [0.25, 0.3) is 0 Å². The molecule has 30 heavy (non-hydrogen) atoms. The Bertz CT molecular complexity index is 894. The van der Waals surface area contributed by atoms with E-state index >= 15 is 0 Å². The van der Waals surface area contributed by atoms with Gasteiger partial charge in [-0.3, -0.25) is 9.59 Å². The molecule has 2 aromatic rings. The van der Waals surface area contributed by atoms with Crippen LogP contribution in [0.1, 0.15) is 24.2 Å². The highest BCUT2D eigenvalue weighted by Gasteiger charge is 2.21. The Labute approximate surface area is 180 Å². The van der Waals surface area contributed by atoms with Gasteiger partial charge in [0, 0.05) is 25.0 Å². The van der Waals surface area contributed by atoms with Crippen molar-refractivity contribution >= 4 is 29.3 Å². The average Bonchev–Trinajstić information content (AvgIpc) is 3.32. The second-order valence-electron chi connectivity index (χ2n) is 7.40. The Morgan fingerprint density at radius 3 is 2.73 bits per heavy atom. The van der Waals surface area contributed by atoms with Gasteiger partial charge in [-0.15, -0.1) is 0 Å². The summed E-state index contributed by atoms with van der Waals surface area (Å²) in [5.41, 5.74) is 2.50. The van der Waals surface area contributed by atoms with Crippen LogP contribution in [-0.2, 0) is 20.9 Å². The molecule has 1 aromatic carbocycles. The van der Waals surface area contributed by atoms with Crippen LogP contribution in [0.3, 0.4) is 0 Å². The van der Waals surface area contributed by atoms with Gasteiger partial charge in [-0.1, -0.05) is 11.8 Å². The number of hydrogen-bond acceptors (Lipinski definition) is 5. The number of likely N-dealkylation sites (N-methyl/N-ethyl adjacent to an activating group) is 1. The lowest BCUT2D eigenvalue weighted by Crippen LogP contribution is -2.36. The monoisotopic (exact) mass is 434 g/mol. The number of benzene rings is 1. The highest BCUT2D eigenvalue weighted by atomic mass is 32.2. The number of carbonyl (C=O) groups is 2. The summed E-state index contributed by atoms with van der Waals surface area (Å²) >= 11 is 1.37. The molecule has 9 heteroatoms. The van der Waals surface area contributed by atoms with Crippen LogP contribution < -0.4 is 5.32 Å². The minimum atomic E-state index is -0.374. The summed E-state index contributed by atoms with van der Waals surface area (Å²) in [5.74, 6) is -0.701. The van der Waals surface area contributed by atoms with Gasteiger partial charge < -0.3 is 19.5 Å². The normalized spacial score (nSPS) is 15.9. The van der Waals surface area contributed by atoms with E-state index < -0.39 is 0 Å². The van der Waals surface area contributed by atoms with E-state index in [0.717, 1.165) is 42.5 Å². The number of halogens is 1. The number of anilines is 1. The number of amides is 2. The van der Waals surface area contributed by atoms with E-state index in [4.69, 9.17) is 4.74 Å². The van der Waals surface area contributed by atoms with E-state index in [1.165, 1.54) is 40.9 Å². The van der Waals surface area contributed by atoms with Gasteiger partial charge >= 0.3 is 0 Å². The number of rotatable bonds is 8. The topological polar surface area (TPSA) is 76.5 Å². The van der Waals surface area contributed by atoms with Crippen molar-refractivity contribution in [2.24, 2.45) is 0 Å². The van der Waals surface area contributed by atoms with Crippen molar-refractivity contribution in [2.75, 3.05) is 31.3 Å². The molecule has 1 atom stereocenters. The molecule has 2 heterocycles. The van der Waals surface area contributed by atoms with Gasteiger partial charge in [0.2, 0.25) is 11.8 Å². The van der Waals surface area contributed by atoms with Crippen LogP contribution in [0, 0.1) is 19.7 Å². The van der Waals surface area contributed by atoms with Crippen LogP contribution in [-0.4, -0.2) is 58.3 Å². The fraction of sp³-hybridized carbons (Fsp3) is 0.476. The zero-order valence-electron chi connectivity index (χ0n) is 17.5. The number of hydrogen-bond donors (Lipinski definition) is 1. The molecule has 1 fully saturated rings. The highest BCUT2D eigenvalue weighted by molar-refractivity contribution is 7.99. The molecular weight excluding hydrogens is 407 g/mol. The molecule has 0 radical (unpaired) electrons. The molecule has 2 amide bonds. The number of nitrogens with zero attached hydrogens (tertiary/aromatic N) is 3. The molecule has 0 aliphatic carbocycles. The Balaban J connectivity index is 1.52. The van der Waals surface area contributed by atoms with Gasteiger partial charge in [-0.2, -0.15) is 0 Å². The second-order valence-corrected chi connectivity index (χ2v) is 8.35. The number of carbonyl (C=O) groups excluding carboxylic acids is 2. The number of aromatic nitrogens is 2. The fourth-order valence-corrected chi connectivity index (χ4v) is 4.26. The molecule has 3 rings (SSSR count). The number of ether oxygens (including phenoxy) is 1. The predicted octanol–water partition coefficient (Wildman–Crippen LogP) is 3.01. The van der Waals surface area contributed by atoms with Crippen molar-refractivity contribution in [3.8, 4) is 0 Å². The quantitative estimate of drug-likeness (QED) is 0.647. The summed E-state index contributed by atoms with van der Waals surface area (Å²) in [6.07, 6.45) is 2.29. The zero-order chi connectivity index (χ0) is 21.7. The third kappa shape index (κ3) is 5.82. The van der Waals surface area contributed by atoms with Crippen LogP contribution in [0.15, 0.2) is 29.4 Å². The van der Waals surface area contributed by atoms with Gasteiger partial charge in [0.1, 0.15) is 5.82 Å². The summed E-state index contributed by atoms with van der Waals surface area (Å²) in [5, 5.41) is 3.44. The first-order valence-electron chi connectivity index (χ1n) is 9.91. The van der Waals surface area contributed by atoms with E-state index in [-0.39, 0.29) is 36.0 Å². The van der Waals surface area contributed by atoms with E-state index in [2.05, 4.69) is 14.9 Å². The number of imidazole rings is 1. The maximum absolute atomic E-state index is 13.0. The largest absolute Gasteiger partial charge is 0.376 e. The number of nitrogens with one attached hydrogen (secondary N) is 1. The number of thioether (sulfide) groups is 1. The van der Waals surface area contributed by atoms with Crippen molar-refractivity contribution in [3.63, 3.8) is 0 Å². The lowest BCUT2D eigenvalue weighted by molar-refractivity contribution is -0.131. The zero-order valence-corrected chi connectivity index (χ0v) is 18.3. The molecule has 1 unspecified atom stereocenters. The molecule has 0 saturated carbocycles. The Hall–Kier alpha value is -2.39. The van der Waals surface area contributed by atoms with Crippen molar-refractivity contribution in [3.05, 3.63) is 41.5 Å². The molecule has 1 aliphatic heterocycles. The summed E-state index contributed by atoms with van der Waals surface area (Å²) < 4.78 is 20.8. The van der Waals surface area contributed by atoms with Crippen LogP contribution in [0.5, 0.6) is 0 Å². The number of aryl methyl sites for hydroxylation is 1. The summed E-state index contributed by atoms with van der Waals surface area (Å²) in [6.45, 7) is 5.43. The molecule has 1 aliphatic rings. The third-order valence-electron chi connectivity index (χ3n) is 5.09. The van der Waals surface area contributed by atoms with E-state index in [9.17, 15) is 14.0 Å². The summed E-state index contributed by atoms with van der Waals surface area (Å²) in [4.78, 5) is 30.6. The first-order valence-corrected chi connectivity index (χ1v) is 10.9. The third-order valence-corrected chi connectivity index (χ3v) is 6.05. The summed E-state index contributed by atoms with van der Waals surface area (Å²) in [7, 11) is 1.59. The van der Waals surface area contributed by atoms with Crippen molar-refractivity contribution in [2.45, 2.75) is 44.5 Å². The Kier molecular flexibility index (Phi) is 7.49. The molecular formula is C21H27FN4O3S. The van der Waals surface area contributed by atoms with Crippen molar-refractivity contribution in [1.29, 1.82) is 0 Å². The Morgan fingerprint density at radius 2 is 2.07 bits per heavy atom. The van der Waals surface area contributed by atoms with Crippen molar-refractivity contribution in [1.82, 2.24) is 14.5 Å². The molecule has 1 N–H and O–H groups in total. The van der Waals surface area contributed by atoms with Gasteiger partial charge in [0.05, 0.1) is 30.6 Å². The molecule has 162 valence electrons. The molecule has 7 nitrogen and oxygen atoms in total.